The maximum Gasteiger partial charge on any atom is 0.410 e. The van der Waals surface area contributed by atoms with Crippen molar-refractivity contribution in [3.05, 3.63) is 35.9 Å². The van der Waals surface area contributed by atoms with E-state index in [0.717, 1.165) is 12.0 Å². The fourth-order valence-corrected chi connectivity index (χ4v) is 3.26. The Morgan fingerprint density at radius 1 is 1.25 bits per heavy atom. The predicted molar refractivity (Wildman–Crippen MR) is 88.4 cm³/mol. The van der Waals surface area contributed by atoms with Crippen molar-refractivity contribution >= 4 is 12.2 Å². The highest BCUT2D eigenvalue weighted by molar-refractivity contribution is 5.72. The molecule has 2 bridgehead atoms. The van der Waals surface area contributed by atoms with Crippen molar-refractivity contribution in [2.75, 3.05) is 6.54 Å². The first kappa shape index (κ1) is 16.6. The topological polar surface area (TPSA) is 67.9 Å². The molecule has 1 aromatic rings. The molecule has 2 amide bonds. The van der Waals surface area contributed by atoms with Gasteiger partial charge in [0, 0.05) is 12.5 Å². The second kappa shape index (κ2) is 6.34. The molecule has 2 aliphatic heterocycles. The Kier molecular flexibility index (Phi) is 4.39. The van der Waals surface area contributed by atoms with Gasteiger partial charge in [-0.25, -0.2) is 9.59 Å². The number of benzene rings is 1. The number of hydrogen-bond acceptors (Lipinski definition) is 4. The molecule has 6 heteroatoms. The molecule has 3 atom stereocenters. The molecule has 0 unspecified atom stereocenters. The number of alkyl carbamates (subject to hydrolysis) is 1. The zero-order valence-corrected chi connectivity index (χ0v) is 14.3. The number of hydrogen-bond donors (Lipinski definition) is 1. The quantitative estimate of drug-likeness (QED) is 0.924. The Hall–Kier alpha value is -2.24. The van der Waals surface area contributed by atoms with Gasteiger partial charge in [-0.1, -0.05) is 30.3 Å². The van der Waals surface area contributed by atoms with Gasteiger partial charge in [-0.05, 0) is 32.8 Å². The van der Waals surface area contributed by atoms with Crippen LogP contribution < -0.4 is 5.32 Å². The van der Waals surface area contributed by atoms with E-state index in [1.807, 2.05) is 51.1 Å². The van der Waals surface area contributed by atoms with Crippen LogP contribution >= 0.6 is 0 Å². The van der Waals surface area contributed by atoms with Crippen LogP contribution in [0.3, 0.4) is 0 Å². The number of carbonyl (C=O) groups excluding carboxylic acids is 2. The highest BCUT2D eigenvalue weighted by Gasteiger charge is 2.55. The molecule has 1 saturated carbocycles. The first-order chi connectivity index (χ1) is 11.3. The second-order valence-corrected chi connectivity index (χ2v) is 7.43. The van der Waals surface area contributed by atoms with E-state index in [9.17, 15) is 9.59 Å². The van der Waals surface area contributed by atoms with Gasteiger partial charge in [0.1, 0.15) is 12.2 Å². The third-order valence-electron chi connectivity index (χ3n) is 4.42. The number of nitrogens with zero attached hydrogens (tertiary/aromatic N) is 1. The molecule has 1 N–H and O–H groups in total. The maximum absolute atomic E-state index is 12.2. The minimum absolute atomic E-state index is 0.00845. The van der Waals surface area contributed by atoms with E-state index >= 15 is 0 Å². The number of amides is 2. The van der Waals surface area contributed by atoms with Crippen LogP contribution in [0.4, 0.5) is 9.59 Å². The Balaban J connectivity index is 1.47. The van der Waals surface area contributed by atoms with E-state index in [-0.39, 0.29) is 30.7 Å². The van der Waals surface area contributed by atoms with Crippen molar-refractivity contribution < 1.29 is 19.1 Å². The molecular weight excluding hydrogens is 308 g/mol. The molecule has 3 aliphatic rings. The normalized spacial score (nSPS) is 25.0. The average Bonchev–Trinajstić information content (AvgIpc) is 3.09. The third-order valence-corrected chi connectivity index (χ3v) is 4.42. The van der Waals surface area contributed by atoms with Crippen LogP contribution in [-0.2, 0) is 16.1 Å². The molecule has 1 aromatic carbocycles. The molecule has 0 radical (unpaired) electrons. The SMILES string of the molecule is CC(C)(C)OC(=O)N1C[C@H]2C[C@@H]1[C@H]2NC(=O)OCc1ccccc1. The third kappa shape index (κ3) is 3.63. The highest BCUT2D eigenvalue weighted by Crippen LogP contribution is 2.41. The lowest BCUT2D eigenvalue weighted by molar-refractivity contribution is 0.0219. The molecule has 3 fully saturated rings. The summed E-state index contributed by atoms with van der Waals surface area (Å²) in [6.07, 6.45) is 0.157. The van der Waals surface area contributed by atoms with Crippen LogP contribution in [0.5, 0.6) is 0 Å². The molecule has 2 saturated heterocycles. The molecule has 2 heterocycles. The summed E-state index contributed by atoms with van der Waals surface area (Å²) in [5.41, 5.74) is 0.432. The van der Waals surface area contributed by atoms with Gasteiger partial charge >= 0.3 is 12.2 Å². The number of rotatable bonds is 3. The van der Waals surface area contributed by atoms with E-state index in [1.54, 1.807) is 4.90 Å². The van der Waals surface area contributed by atoms with E-state index in [2.05, 4.69) is 5.32 Å². The lowest BCUT2D eigenvalue weighted by Gasteiger charge is -2.36. The molecule has 6 nitrogen and oxygen atoms in total. The molecule has 0 aromatic heterocycles. The first-order valence-corrected chi connectivity index (χ1v) is 8.30. The Morgan fingerprint density at radius 2 is 1.96 bits per heavy atom. The summed E-state index contributed by atoms with van der Waals surface area (Å²) >= 11 is 0. The van der Waals surface area contributed by atoms with E-state index < -0.39 is 11.7 Å². The van der Waals surface area contributed by atoms with E-state index in [4.69, 9.17) is 9.47 Å². The van der Waals surface area contributed by atoms with Gasteiger partial charge in [-0.15, -0.1) is 0 Å². The number of carbonyl (C=O) groups is 2. The summed E-state index contributed by atoms with van der Waals surface area (Å²) in [5, 5.41) is 2.89. The second-order valence-electron chi connectivity index (χ2n) is 7.43. The standard InChI is InChI=1S/C18H24N2O4/c1-18(2,3)24-17(22)20-10-13-9-14(20)15(13)19-16(21)23-11-12-7-5-4-6-8-12/h4-8,13-15H,9-11H2,1-3H3,(H,19,21)/t13-,14-,15+/m1/s1. The summed E-state index contributed by atoms with van der Waals surface area (Å²) in [7, 11) is 0. The van der Waals surface area contributed by atoms with Gasteiger partial charge in [0.2, 0.25) is 0 Å². The van der Waals surface area contributed by atoms with Crippen LogP contribution in [0, 0.1) is 5.92 Å². The Morgan fingerprint density at radius 3 is 2.62 bits per heavy atom. The van der Waals surface area contributed by atoms with Crippen molar-refractivity contribution in [2.45, 2.75) is 51.5 Å². The zero-order chi connectivity index (χ0) is 17.3. The highest BCUT2D eigenvalue weighted by atomic mass is 16.6. The average molecular weight is 332 g/mol. The molecule has 24 heavy (non-hydrogen) atoms. The van der Waals surface area contributed by atoms with Gasteiger partial charge in [-0.3, -0.25) is 0 Å². The van der Waals surface area contributed by atoms with Gasteiger partial charge in [0.25, 0.3) is 0 Å². The summed E-state index contributed by atoms with van der Waals surface area (Å²) in [5.74, 6) is 0.284. The van der Waals surface area contributed by atoms with Crippen molar-refractivity contribution in [3.8, 4) is 0 Å². The van der Waals surface area contributed by atoms with Crippen LogP contribution in [0.2, 0.25) is 0 Å². The minimum atomic E-state index is -0.512. The Labute approximate surface area is 142 Å². The summed E-state index contributed by atoms with van der Waals surface area (Å²) in [4.78, 5) is 25.9. The van der Waals surface area contributed by atoms with Crippen molar-refractivity contribution in [2.24, 2.45) is 5.92 Å². The first-order valence-electron chi connectivity index (χ1n) is 8.30. The van der Waals surface area contributed by atoms with Gasteiger partial charge in [-0.2, -0.15) is 0 Å². The van der Waals surface area contributed by atoms with Gasteiger partial charge < -0.3 is 19.7 Å². The van der Waals surface area contributed by atoms with Gasteiger partial charge in [0.05, 0.1) is 12.1 Å². The monoisotopic (exact) mass is 332 g/mol. The molecule has 4 rings (SSSR count). The predicted octanol–water partition coefficient (Wildman–Crippen LogP) is 2.92. The number of fused-ring (bicyclic) bond motifs is 1. The van der Waals surface area contributed by atoms with Crippen molar-refractivity contribution in [3.63, 3.8) is 0 Å². The zero-order valence-electron chi connectivity index (χ0n) is 14.3. The fourth-order valence-electron chi connectivity index (χ4n) is 3.26. The van der Waals surface area contributed by atoms with Crippen LogP contribution in [-0.4, -0.2) is 41.3 Å². The molecule has 130 valence electrons. The number of nitrogens with one attached hydrogen (secondary N) is 1. The smallest absolute Gasteiger partial charge is 0.410 e. The van der Waals surface area contributed by atoms with E-state index in [1.165, 1.54) is 0 Å². The maximum atomic E-state index is 12.2. The van der Waals surface area contributed by atoms with Crippen LogP contribution in [0.25, 0.3) is 0 Å². The summed E-state index contributed by atoms with van der Waals surface area (Å²) < 4.78 is 10.7. The minimum Gasteiger partial charge on any atom is -0.445 e. The largest absolute Gasteiger partial charge is 0.445 e. The fraction of sp³-hybridized carbons (Fsp3) is 0.556. The number of ether oxygens (including phenoxy) is 2. The van der Waals surface area contributed by atoms with Crippen molar-refractivity contribution in [1.82, 2.24) is 10.2 Å². The van der Waals surface area contributed by atoms with Gasteiger partial charge in [0.15, 0.2) is 0 Å². The van der Waals surface area contributed by atoms with Crippen molar-refractivity contribution in [1.29, 1.82) is 0 Å². The summed E-state index contributed by atoms with van der Waals surface area (Å²) in [6, 6.07) is 9.51. The van der Waals surface area contributed by atoms with E-state index in [0.29, 0.717) is 6.54 Å². The van der Waals surface area contributed by atoms with Crippen LogP contribution in [0.1, 0.15) is 32.8 Å². The molecule has 0 spiro atoms. The van der Waals surface area contributed by atoms with Crippen LogP contribution in [0.15, 0.2) is 30.3 Å². The lowest BCUT2D eigenvalue weighted by Crippen LogP contribution is -2.55. The molecule has 1 aliphatic carbocycles. The summed E-state index contributed by atoms with van der Waals surface area (Å²) in [6.45, 7) is 6.42. The lowest BCUT2D eigenvalue weighted by atomic mass is 9.80. The Bertz CT molecular complexity index is 611. The molecular formula is C18H24N2O4.